The molecule has 0 saturated carbocycles. The van der Waals surface area contributed by atoms with Crippen molar-refractivity contribution in [2.45, 2.75) is 25.4 Å². The van der Waals surface area contributed by atoms with Crippen LogP contribution in [0.3, 0.4) is 0 Å². The second-order valence-electron chi connectivity index (χ2n) is 2.79. The van der Waals surface area contributed by atoms with Crippen LogP contribution in [0.2, 0.25) is 0 Å². The lowest BCUT2D eigenvalue weighted by Crippen LogP contribution is -2.42. The highest BCUT2D eigenvalue weighted by Gasteiger charge is 2.39. The standard InChI is InChI=1S/C7H10O6/c1-4(8)2-7(13,6(11)12)3-5(9)10/h13H,2-3H2,1H3,(H,9,10)(H,11,12)/t7-/m0/s1. The number of hydrogen-bond donors (Lipinski definition) is 3. The Balaban J connectivity index is 4.62. The van der Waals surface area contributed by atoms with E-state index in [1.807, 2.05) is 0 Å². The van der Waals surface area contributed by atoms with Gasteiger partial charge in [-0.3, -0.25) is 9.59 Å². The summed E-state index contributed by atoms with van der Waals surface area (Å²) in [4.78, 5) is 31.1. The van der Waals surface area contributed by atoms with E-state index in [2.05, 4.69) is 0 Å². The maximum Gasteiger partial charge on any atom is 0.336 e. The van der Waals surface area contributed by atoms with E-state index in [4.69, 9.17) is 10.2 Å². The Morgan fingerprint density at radius 1 is 1.15 bits per heavy atom. The average Bonchev–Trinajstić information content (AvgIpc) is 1.82. The maximum atomic E-state index is 10.5. The van der Waals surface area contributed by atoms with Crippen molar-refractivity contribution in [2.75, 3.05) is 0 Å². The molecule has 0 rings (SSSR count). The van der Waals surface area contributed by atoms with E-state index in [0.29, 0.717) is 0 Å². The van der Waals surface area contributed by atoms with Crippen LogP contribution >= 0.6 is 0 Å². The molecular weight excluding hydrogens is 180 g/mol. The van der Waals surface area contributed by atoms with Crippen LogP contribution in [-0.4, -0.2) is 38.6 Å². The molecule has 0 aromatic rings. The van der Waals surface area contributed by atoms with Crippen LogP contribution in [0.25, 0.3) is 0 Å². The quantitative estimate of drug-likeness (QED) is 0.526. The van der Waals surface area contributed by atoms with E-state index in [1.54, 1.807) is 0 Å². The predicted octanol–water partition coefficient (Wildman–Crippen LogP) is -0.744. The number of carboxylic acid groups (broad SMARTS) is 2. The number of aliphatic hydroxyl groups is 1. The first-order valence-corrected chi connectivity index (χ1v) is 3.45. The Labute approximate surface area is 73.8 Å². The molecule has 0 heterocycles. The van der Waals surface area contributed by atoms with Gasteiger partial charge in [0, 0.05) is 6.42 Å². The van der Waals surface area contributed by atoms with Gasteiger partial charge in [0.1, 0.15) is 5.78 Å². The minimum atomic E-state index is -2.49. The second kappa shape index (κ2) is 3.99. The van der Waals surface area contributed by atoms with Crippen molar-refractivity contribution in [2.24, 2.45) is 0 Å². The third-order valence-electron chi connectivity index (χ3n) is 1.38. The molecule has 0 aliphatic carbocycles. The zero-order valence-corrected chi connectivity index (χ0v) is 6.98. The third-order valence-corrected chi connectivity index (χ3v) is 1.38. The van der Waals surface area contributed by atoms with Crippen LogP contribution < -0.4 is 0 Å². The summed E-state index contributed by atoms with van der Waals surface area (Å²) in [5.74, 6) is -3.75. The van der Waals surface area contributed by atoms with Gasteiger partial charge >= 0.3 is 11.9 Å². The molecule has 0 unspecified atom stereocenters. The van der Waals surface area contributed by atoms with E-state index in [1.165, 1.54) is 0 Å². The minimum absolute atomic E-state index is 0.578. The number of hydrogen-bond acceptors (Lipinski definition) is 4. The number of aliphatic carboxylic acids is 2. The van der Waals surface area contributed by atoms with Crippen molar-refractivity contribution >= 4 is 17.7 Å². The number of carbonyl (C=O) groups is 3. The average molecular weight is 190 g/mol. The molecule has 74 valence electrons. The molecule has 0 aromatic carbocycles. The fraction of sp³-hybridized carbons (Fsp3) is 0.571. The van der Waals surface area contributed by atoms with E-state index in [0.717, 1.165) is 6.92 Å². The Morgan fingerprint density at radius 3 is 1.85 bits per heavy atom. The summed E-state index contributed by atoms with van der Waals surface area (Å²) in [6, 6.07) is 0. The van der Waals surface area contributed by atoms with Crippen molar-refractivity contribution in [1.82, 2.24) is 0 Å². The number of ketones is 1. The molecule has 0 aromatic heterocycles. The number of Topliss-reactive ketones (excluding diaryl/α,β-unsaturated/α-hetero) is 1. The van der Waals surface area contributed by atoms with E-state index in [-0.39, 0.29) is 0 Å². The first-order valence-electron chi connectivity index (χ1n) is 3.45. The highest BCUT2D eigenvalue weighted by Crippen LogP contribution is 2.16. The molecule has 0 spiro atoms. The molecule has 6 heteroatoms. The Bertz CT molecular complexity index is 227. The lowest BCUT2D eigenvalue weighted by molar-refractivity contribution is -0.167. The highest BCUT2D eigenvalue weighted by molar-refractivity contribution is 5.90. The zero-order valence-electron chi connectivity index (χ0n) is 6.98. The van der Waals surface area contributed by atoms with Crippen LogP contribution in [0.5, 0.6) is 0 Å². The zero-order chi connectivity index (χ0) is 10.6. The Kier molecular flexibility index (Phi) is 3.55. The number of carbonyl (C=O) groups excluding carboxylic acids is 1. The van der Waals surface area contributed by atoms with Crippen molar-refractivity contribution in [1.29, 1.82) is 0 Å². The van der Waals surface area contributed by atoms with E-state index in [9.17, 15) is 19.5 Å². The van der Waals surface area contributed by atoms with Crippen LogP contribution in [-0.2, 0) is 14.4 Å². The molecule has 0 amide bonds. The van der Waals surface area contributed by atoms with Crippen molar-refractivity contribution < 1.29 is 29.7 Å². The van der Waals surface area contributed by atoms with Crippen molar-refractivity contribution in [3.63, 3.8) is 0 Å². The lowest BCUT2D eigenvalue weighted by atomic mass is 9.94. The number of rotatable bonds is 5. The SMILES string of the molecule is CC(=O)C[C@](O)(CC(=O)O)C(=O)O. The van der Waals surface area contributed by atoms with Gasteiger partial charge in [-0.15, -0.1) is 0 Å². The highest BCUT2D eigenvalue weighted by atomic mass is 16.4. The van der Waals surface area contributed by atoms with Crippen molar-refractivity contribution in [3.05, 3.63) is 0 Å². The predicted molar refractivity (Wildman–Crippen MR) is 40.1 cm³/mol. The first kappa shape index (κ1) is 11.6. The van der Waals surface area contributed by atoms with Gasteiger partial charge in [-0.05, 0) is 6.92 Å². The van der Waals surface area contributed by atoms with Gasteiger partial charge in [0.25, 0.3) is 0 Å². The normalized spacial score (nSPS) is 14.6. The summed E-state index contributed by atoms with van der Waals surface area (Å²) >= 11 is 0. The number of carboxylic acids is 2. The second-order valence-corrected chi connectivity index (χ2v) is 2.79. The van der Waals surface area contributed by atoms with Crippen LogP contribution in [0.1, 0.15) is 19.8 Å². The molecule has 0 bridgehead atoms. The molecule has 1 atom stereocenters. The third kappa shape index (κ3) is 3.66. The Morgan fingerprint density at radius 2 is 1.62 bits per heavy atom. The van der Waals surface area contributed by atoms with Gasteiger partial charge in [-0.25, -0.2) is 4.79 Å². The van der Waals surface area contributed by atoms with E-state index >= 15 is 0 Å². The molecule has 0 aliphatic rings. The van der Waals surface area contributed by atoms with Gasteiger partial charge in [0.15, 0.2) is 5.60 Å². The summed E-state index contributed by atoms with van der Waals surface area (Å²) in [5.41, 5.74) is -2.49. The molecular formula is C7H10O6. The van der Waals surface area contributed by atoms with Crippen LogP contribution in [0, 0.1) is 0 Å². The summed E-state index contributed by atoms with van der Waals surface area (Å²) < 4.78 is 0. The van der Waals surface area contributed by atoms with Gasteiger partial charge in [0.05, 0.1) is 6.42 Å². The molecule has 0 fully saturated rings. The van der Waals surface area contributed by atoms with Gasteiger partial charge in [-0.1, -0.05) is 0 Å². The molecule has 6 nitrogen and oxygen atoms in total. The van der Waals surface area contributed by atoms with E-state index < -0.39 is 36.2 Å². The summed E-state index contributed by atoms with van der Waals surface area (Å²) in [6.45, 7) is 1.08. The molecule has 13 heavy (non-hydrogen) atoms. The largest absolute Gasteiger partial charge is 0.481 e. The fourth-order valence-corrected chi connectivity index (χ4v) is 0.876. The molecule has 3 N–H and O–H groups in total. The van der Waals surface area contributed by atoms with Gasteiger partial charge < -0.3 is 15.3 Å². The van der Waals surface area contributed by atoms with Gasteiger partial charge in [0.2, 0.25) is 0 Å². The lowest BCUT2D eigenvalue weighted by Gasteiger charge is -2.19. The monoisotopic (exact) mass is 190 g/mol. The minimum Gasteiger partial charge on any atom is -0.481 e. The summed E-state index contributed by atoms with van der Waals surface area (Å²) in [5, 5.41) is 26.0. The molecule has 0 radical (unpaired) electrons. The Hall–Kier alpha value is -1.43. The van der Waals surface area contributed by atoms with Crippen molar-refractivity contribution in [3.8, 4) is 0 Å². The van der Waals surface area contributed by atoms with Gasteiger partial charge in [-0.2, -0.15) is 0 Å². The maximum absolute atomic E-state index is 10.5. The first-order chi connectivity index (χ1) is 5.78. The van der Waals surface area contributed by atoms with Crippen LogP contribution in [0.4, 0.5) is 0 Å². The summed E-state index contributed by atoms with van der Waals surface area (Å²) in [6.07, 6.45) is -1.68. The smallest absolute Gasteiger partial charge is 0.336 e. The fourth-order valence-electron chi connectivity index (χ4n) is 0.876. The topological polar surface area (TPSA) is 112 Å². The molecule has 0 aliphatic heterocycles. The van der Waals surface area contributed by atoms with Crippen LogP contribution in [0.15, 0.2) is 0 Å². The molecule has 0 saturated heterocycles. The summed E-state index contributed by atoms with van der Waals surface area (Å²) in [7, 11) is 0.